The summed E-state index contributed by atoms with van der Waals surface area (Å²) < 4.78 is 5.73. The van der Waals surface area contributed by atoms with Crippen LogP contribution in [0.4, 0.5) is 11.4 Å². The fraction of sp³-hybridized carbons (Fsp3) is 0.312. The van der Waals surface area contributed by atoms with Crippen molar-refractivity contribution >= 4 is 29.0 Å². The highest BCUT2D eigenvalue weighted by atomic mass is 32.2. The van der Waals surface area contributed by atoms with Gasteiger partial charge in [-0.15, -0.1) is 0 Å². The number of anilines is 2. The molecule has 112 valence electrons. The number of hydrogen-bond acceptors (Lipinski definition) is 4. The first-order chi connectivity index (χ1) is 10.1. The maximum Gasteiger partial charge on any atom is 0.221 e. The molecule has 0 fully saturated rings. The Morgan fingerprint density at radius 3 is 2.71 bits per heavy atom. The average molecular weight is 304 g/mol. The van der Waals surface area contributed by atoms with Crippen molar-refractivity contribution in [2.75, 3.05) is 16.9 Å². The Kier molecular flexibility index (Phi) is 5.33. The van der Waals surface area contributed by atoms with Crippen LogP contribution in [0.25, 0.3) is 0 Å². The third-order valence-corrected chi connectivity index (χ3v) is 3.59. The molecule has 0 saturated carbocycles. The number of rotatable bonds is 6. The number of nitrogens with one attached hydrogen (secondary N) is 2. The van der Waals surface area contributed by atoms with Crippen molar-refractivity contribution < 1.29 is 9.21 Å². The molecule has 2 aromatic rings. The maximum atomic E-state index is 11.1. The average Bonchev–Trinajstić information content (AvgIpc) is 2.87. The Labute approximate surface area is 129 Å². The van der Waals surface area contributed by atoms with E-state index in [1.807, 2.05) is 37.3 Å². The van der Waals surface area contributed by atoms with Crippen molar-refractivity contribution in [2.45, 2.75) is 26.1 Å². The molecule has 1 heterocycles. The van der Waals surface area contributed by atoms with Crippen LogP contribution in [0, 0.1) is 6.92 Å². The van der Waals surface area contributed by atoms with Crippen LogP contribution in [0.2, 0.25) is 0 Å². The monoisotopic (exact) mass is 304 g/mol. The molecule has 0 spiro atoms. The highest BCUT2D eigenvalue weighted by Crippen LogP contribution is 2.22. The molecule has 0 bridgehead atoms. The van der Waals surface area contributed by atoms with E-state index in [9.17, 15) is 4.79 Å². The number of carbonyl (C=O) groups excluding carboxylic acids is 1. The SMILES string of the molecule is CSCc1ccc(CNc2cc(NC(C)=O)ccc2C)o1. The molecule has 5 heteroatoms. The van der Waals surface area contributed by atoms with Gasteiger partial charge in [0.25, 0.3) is 0 Å². The summed E-state index contributed by atoms with van der Waals surface area (Å²) in [6, 6.07) is 9.81. The summed E-state index contributed by atoms with van der Waals surface area (Å²) in [4.78, 5) is 11.1. The van der Waals surface area contributed by atoms with Crippen molar-refractivity contribution in [1.29, 1.82) is 0 Å². The van der Waals surface area contributed by atoms with Crippen molar-refractivity contribution in [3.05, 3.63) is 47.4 Å². The number of thioether (sulfide) groups is 1. The molecule has 0 aliphatic heterocycles. The van der Waals surface area contributed by atoms with Gasteiger partial charge in [-0.05, 0) is 43.0 Å². The first-order valence-corrected chi connectivity index (χ1v) is 8.16. The van der Waals surface area contributed by atoms with Crippen molar-refractivity contribution in [3.63, 3.8) is 0 Å². The smallest absolute Gasteiger partial charge is 0.221 e. The number of carbonyl (C=O) groups is 1. The van der Waals surface area contributed by atoms with Crippen LogP contribution in [0.5, 0.6) is 0 Å². The maximum absolute atomic E-state index is 11.1. The van der Waals surface area contributed by atoms with E-state index >= 15 is 0 Å². The van der Waals surface area contributed by atoms with E-state index in [-0.39, 0.29) is 5.91 Å². The zero-order chi connectivity index (χ0) is 15.2. The lowest BCUT2D eigenvalue weighted by molar-refractivity contribution is -0.114. The summed E-state index contributed by atoms with van der Waals surface area (Å²) in [5.41, 5.74) is 2.90. The molecule has 1 aromatic heterocycles. The summed E-state index contributed by atoms with van der Waals surface area (Å²) >= 11 is 1.74. The molecule has 0 unspecified atom stereocenters. The second-order valence-electron chi connectivity index (χ2n) is 4.87. The standard InChI is InChI=1S/C16H20N2O2S/c1-11-4-5-13(18-12(2)19)8-16(11)17-9-14-6-7-15(20-14)10-21-3/h4-8,17H,9-10H2,1-3H3,(H,18,19). The lowest BCUT2D eigenvalue weighted by Gasteiger charge is -2.11. The van der Waals surface area contributed by atoms with Crippen LogP contribution in [-0.4, -0.2) is 12.2 Å². The molecular weight excluding hydrogens is 284 g/mol. The summed E-state index contributed by atoms with van der Waals surface area (Å²) in [5.74, 6) is 2.71. The molecule has 2 rings (SSSR count). The quantitative estimate of drug-likeness (QED) is 0.846. The molecule has 0 atom stereocenters. The predicted octanol–water partition coefficient (Wildman–Crippen LogP) is 4.02. The van der Waals surface area contributed by atoms with Crippen molar-refractivity contribution in [2.24, 2.45) is 0 Å². The molecular formula is C16H20N2O2S. The van der Waals surface area contributed by atoms with Crippen LogP contribution in [0.3, 0.4) is 0 Å². The molecule has 0 aliphatic rings. The van der Waals surface area contributed by atoms with Gasteiger partial charge >= 0.3 is 0 Å². The summed E-state index contributed by atoms with van der Waals surface area (Å²) in [6.45, 7) is 4.16. The third-order valence-electron chi connectivity index (χ3n) is 3.01. The number of amides is 1. The molecule has 4 nitrogen and oxygen atoms in total. The zero-order valence-electron chi connectivity index (χ0n) is 12.5. The first-order valence-electron chi connectivity index (χ1n) is 6.77. The van der Waals surface area contributed by atoms with E-state index < -0.39 is 0 Å². The van der Waals surface area contributed by atoms with Gasteiger partial charge in [-0.25, -0.2) is 0 Å². The second-order valence-corrected chi connectivity index (χ2v) is 5.73. The minimum atomic E-state index is -0.0717. The first kappa shape index (κ1) is 15.5. The molecule has 0 aliphatic carbocycles. The number of aryl methyl sites for hydroxylation is 1. The Morgan fingerprint density at radius 1 is 1.24 bits per heavy atom. The molecule has 1 aromatic carbocycles. The third kappa shape index (κ3) is 4.56. The number of furan rings is 1. The topological polar surface area (TPSA) is 54.3 Å². The van der Waals surface area contributed by atoms with E-state index in [0.717, 1.165) is 34.2 Å². The molecule has 0 radical (unpaired) electrons. The Hall–Kier alpha value is -1.88. The van der Waals surface area contributed by atoms with E-state index in [1.165, 1.54) is 6.92 Å². The van der Waals surface area contributed by atoms with Crippen LogP contribution < -0.4 is 10.6 Å². The lowest BCUT2D eigenvalue weighted by Crippen LogP contribution is -2.07. The normalized spacial score (nSPS) is 10.4. The summed E-state index contributed by atoms with van der Waals surface area (Å²) in [5, 5.41) is 6.13. The summed E-state index contributed by atoms with van der Waals surface area (Å²) in [7, 11) is 0. The van der Waals surface area contributed by atoms with Gasteiger partial charge in [-0.1, -0.05) is 6.07 Å². The molecule has 21 heavy (non-hydrogen) atoms. The fourth-order valence-electron chi connectivity index (χ4n) is 2.01. The lowest BCUT2D eigenvalue weighted by atomic mass is 10.1. The van der Waals surface area contributed by atoms with E-state index in [2.05, 4.69) is 16.9 Å². The number of benzene rings is 1. The predicted molar refractivity (Wildman–Crippen MR) is 88.7 cm³/mol. The zero-order valence-corrected chi connectivity index (χ0v) is 13.3. The van der Waals surface area contributed by atoms with Gasteiger partial charge < -0.3 is 15.1 Å². The number of hydrogen-bond donors (Lipinski definition) is 2. The van der Waals surface area contributed by atoms with Gasteiger partial charge in [0, 0.05) is 18.3 Å². The summed E-state index contributed by atoms with van der Waals surface area (Å²) in [6.07, 6.45) is 2.05. The van der Waals surface area contributed by atoms with Crippen molar-refractivity contribution in [3.8, 4) is 0 Å². The second kappa shape index (κ2) is 7.22. The minimum Gasteiger partial charge on any atom is -0.463 e. The van der Waals surface area contributed by atoms with Crippen LogP contribution in [-0.2, 0) is 17.1 Å². The molecule has 2 N–H and O–H groups in total. The Balaban J connectivity index is 2.02. The molecule has 1 amide bonds. The van der Waals surface area contributed by atoms with Gasteiger partial charge in [0.15, 0.2) is 0 Å². The fourth-order valence-corrected chi connectivity index (χ4v) is 2.45. The van der Waals surface area contributed by atoms with Gasteiger partial charge in [0.2, 0.25) is 5.91 Å². The van der Waals surface area contributed by atoms with Crippen molar-refractivity contribution in [1.82, 2.24) is 0 Å². The van der Waals surface area contributed by atoms with Crippen LogP contribution in [0.15, 0.2) is 34.7 Å². The van der Waals surface area contributed by atoms with Gasteiger partial charge in [-0.3, -0.25) is 4.79 Å². The van der Waals surface area contributed by atoms with Gasteiger partial charge in [-0.2, -0.15) is 11.8 Å². The van der Waals surface area contributed by atoms with E-state index in [1.54, 1.807) is 11.8 Å². The minimum absolute atomic E-state index is 0.0717. The largest absolute Gasteiger partial charge is 0.463 e. The highest BCUT2D eigenvalue weighted by Gasteiger charge is 2.05. The van der Waals surface area contributed by atoms with Crippen LogP contribution in [0.1, 0.15) is 24.0 Å². The molecule has 0 saturated heterocycles. The van der Waals surface area contributed by atoms with Crippen LogP contribution >= 0.6 is 11.8 Å². The van der Waals surface area contributed by atoms with Gasteiger partial charge in [0.05, 0.1) is 12.3 Å². The van der Waals surface area contributed by atoms with E-state index in [4.69, 9.17) is 4.42 Å². The highest BCUT2D eigenvalue weighted by molar-refractivity contribution is 7.97. The Bertz CT molecular complexity index is 622. The van der Waals surface area contributed by atoms with Gasteiger partial charge in [0.1, 0.15) is 11.5 Å². The Morgan fingerprint density at radius 2 is 2.00 bits per heavy atom. The van der Waals surface area contributed by atoms with E-state index in [0.29, 0.717) is 6.54 Å².